The highest BCUT2D eigenvalue weighted by atomic mass is 16.5. The Morgan fingerprint density at radius 3 is 1.06 bits per heavy atom. The Labute approximate surface area is 323 Å². The summed E-state index contributed by atoms with van der Waals surface area (Å²) < 4.78 is 22.6. The Morgan fingerprint density at radius 1 is 0.404 bits per heavy atom. The lowest BCUT2D eigenvalue weighted by Gasteiger charge is -2.33. The summed E-state index contributed by atoms with van der Waals surface area (Å²) in [5, 5.41) is 0. The van der Waals surface area contributed by atoms with E-state index in [1.807, 2.05) is 0 Å². The van der Waals surface area contributed by atoms with Crippen molar-refractivity contribution in [2.24, 2.45) is 0 Å². The molecule has 0 aromatic rings. The van der Waals surface area contributed by atoms with Crippen LogP contribution in [0.15, 0.2) is 0 Å². The van der Waals surface area contributed by atoms with Gasteiger partial charge < -0.3 is 23.8 Å². The highest BCUT2D eigenvalue weighted by molar-refractivity contribution is 5.70. The van der Waals surface area contributed by atoms with Gasteiger partial charge in [0.2, 0.25) is 0 Å². The second-order valence-electron chi connectivity index (χ2n) is 15.5. The summed E-state index contributed by atoms with van der Waals surface area (Å²) in [6.45, 7) is 20.2. The van der Waals surface area contributed by atoms with Crippen LogP contribution in [0.1, 0.15) is 196 Å². The van der Waals surface area contributed by atoms with Gasteiger partial charge in [0.25, 0.3) is 0 Å². The number of esters is 2. The molecule has 0 radical (unpaired) electrons. The van der Waals surface area contributed by atoms with Crippen LogP contribution in [0.2, 0.25) is 0 Å². The van der Waals surface area contributed by atoms with Gasteiger partial charge in [-0.25, -0.2) is 0 Å². The van der Waals surface area contributed by atoms with E-state index < -0.39 is 0 Å². The zero-order valence-electron chi connectivity index (χ0n) is 35.5. The van der Waals surface area contributed by atoms with E-state index in [1.165, 1.54) is 103 Å². The van der Waals surface area contributed by atoms with Gasteiger partial charge in [-0.15, -0.1) is 0 Å². The Morgan fingerprint density at radius 2 is 0.712 bits per heavy atom. The van der Waals surface area contributed by atoms with Gasteiger partial charge in [-0.2, -0.15) is 0 Å². The van der Waals surface area contributed by atoms with Gasteiger partial charge in [0.1, 0.15) is 0 Å². The van der Waals surface area contributed by atoms with Crippen molar-refractivity contribution in [3.63, 3.8) is 0 Å². The first-order valence-electron chi connectivity index (χ1n) is 22.3. The van der Waals surface area contributed by atoms with Crippen molar-refractivity contribution in [3.05, 3.63) is 0 Å². The monoisotopic (exact) mass is 741 g/mol. The maximum atomic E-state index is 12.5. The minimum absolute atomic E-state index is 0.173. The van der Waals surface area contributed by atoms with Gasteiger partial charge in [0.15, 0.2) is 0 Å². The maximum Gasteiger partial charge on any atom is 0.307 e. The molecule has 0 heterocycles. The number of carbonyl (C=O) groups is 2. The molecule has 0 aliphatic rings. The molecule has 0 atom stereocenters. The predicted octanol–water partition coefficient (Wildman–Crippen LogP) is 10.9. The summed E-state index contributed by atoms with van der Waals surface area (Å²) >= 11 is 0. The molecule has 0 amide bonds. The maximum absolute atomic E-state index is 12.5. The molecule has 8 nitrogen and oxygen atoms in total. The summed E-state index contributed by atoms with van der Waals surface area (Å²) in [7, 11) is 0. The number of ether oxygens (including phenoxy) is 4. The molecule has 8 heteroatoms. The summed E-state index contributed by atoms with van der Waals surface area (Å²) in [4.78, 5) is 29.8. The summed E-state index contributed by atoms with van der Waals surface area (Å²) in [5.41, 5.74) is 0. The van der Waals surface area contributed by atoms with Crippen molar-refractivity contribution in [2.75, 3.05) is 65.8 Å². The lowest BCUT2D eigenvalue weighted by molar-refractivity contribution is -0.144. The highest BCUT2D eigenvalue weighted by Gasteiger charge is 2.17. The van der Waals surface area contributed by atoms with Crippen LogP contribution in [0.5, 0.6) is 0 Å². The minimum Gasteiger partial charge on any atom is -0.466 e. The molecule has 0 fully saturated rings. The second-order valence-corrected chi connectivity index (χ2v) is 15.5. The topological polar surface area (TPSA) is 77.5 Å². The molecule has 0 aliphatic carbocycles. The van der Waals surface area contributed by atoms with E-state index in [4.69, 9.17) is 18.9 Å². The molecular formula is C44H88N2O6. The molecule has 0 rings (SSSR count). The van der Waals surface area contributed by atoms with E-state index in [1.54, 1.807) is 0 Å². The van der Waals surface area contributed by atoms with Gasteiger partial charge in [0, 0.05) is 64.7 Å². The molecular weight excluding hydrogens is 652 g/mol. The Kier molecular flexibility index (Phi) is 38.5. The fourth-order valence-corrected chi connectivity index (χ4v) is 6.57. The molecule has 0 aromatic heterocycles. The molecule has 0 aromatic carbocycles. The van der Waals surface area contributed by atoms with E-state index in [9.17, 15) is 9.59 Å². The molecule has 0 bridgehead atoms. The van der Waals surface area contributed by atoms with Gasteiger partial charge in [0.05, 0.1) is 26.1 Å². The van der Waals surface area contributed by atoms with Crippen LogP contribution in [0, 0.1) is 0 Å². The van der Waals surface area contributed by atoms with Crippen LogP contribution >= 0.6 is 0 Å². The van der Waals surface area contributed by atoms with Crippen molar-refractivity contribution >= 4 is 11.9 Å². The third-order valence-corrected chi connectivity index (χ3v) is 9.94. The average Bonchev–Trinajstić information content (AvgIpc) is 3.12. The fraction of sp³-hybridized carbons (Fsp3) is 0.955. The van der Waals surface area contributed by atoms with Crippen LogP contribution in [-0.2, 0) is 28.5 Å². The lowest BCUT2D eigenvalue weighted by Crippen LogP contribution is -2.43. The first-order valence-corrected chi connectivity index (χ1v) is 22.3. The molecule has 52 heavy (non-hydrogen) atoms. The minimum atomic E-state index is -0.173. The number of rotatable bonds is 41. The SMILES string of the molecule is CCCCCCCCCCCOCCCCOC(=O)CCN(CCC(=O)OCCCCOCCCCCCCCCCC)CCN(C(C)C)C(C)C. The van der Waals surface area contributed by atoms with E-state index in [2.05, 4.69) is 51.3 Å². The largest absolute Gasteiger partial charge is 0.466 e. The third-order valence-electron chi connectivity index (χ3n) is 9.94. The highest BCUT2D eigenvalue weighted by Crippen LogP contribution is 2.11. The predicted molar refractivity (Wildman–Crippen MR) is 219 cm³/mol. The Hall–Kier alpha value is -1.22. The number of hydrogen-bond acceptors (Lipinski definition) is 8. The third kappa shape index (κ3) is 35.8. The Balaban J connectivity index is 4.11. The lowest BCUT2D eigenvalue weighted by atomic mass is 10.1. The summed E-state index contributed by atoms with van der Waals surface area (Å²) in [6.07, 6.45) is 27.9. The van der Waals surface area contributed by atoms with Crippen molar-refractivity contribution in [3.8, 4) is 0 Å². The first kappa shape index (κ1) is 50.8. The number of hydrogen-bond donors (Lipinski definition) is 0. The quantitative estimate of drug-likeness (QED) is 0.0453. The number of carbonyl (C=O) groups excluding carboxylic acids is 2. The normalized spacial score (nSPS) is 11.8. The smallest absolute Gasteiger partial charge is 0.307 e. The Bertz CT molecular complexity index is 707. The molecule has 0 spiro atoms. The molecule has 0 unspecified atom stereocenters. The van der Waals surface area contributed by atoms with Crippen molar-refractivity contribution in [1.82, 2.24) is 9.80 Å². The molecule has 0 saturated carbocycles. The van der Waals surface area contributed by atoms with Gasteiger partial charge >= 0.3 is 11.9 Å². The van der Waals surface area contributed by atoms with Crippen LogP contribution in [0.3, 0.4) is 0 Å². The first-order chi connectivity index (χ1) is 25.3. The molecule has 0 aliphatic heterocycles. The zero-order valence-corrected chi connectivity index (χ0v) is 35.5. The van der Waals surface area contributed by atoms with Gasteiger partial charge in [-0.3, -0.25) is 14.5 Å². The second kappa shape index (κ2) is 39.5. The van der Waals surface area contributed by atoms with Crippen LogP contribution in [-0.4, -0.2) is 99.6 Å². The zero-order chi connectivity index (χ0) is 38.3. The molecule has 310 valence electrons. The van der Waals surface area contributed by atoms with E-state index >= 15 is 0 Å². The van der Waals surface area contributed by atoms with Gasteiger partial charge in [-0.1, -0.05) is 117 Å². The molecule has 0 N–H and O–H groups in total. The summed E-state index contributed by atoms with van der Waals surface area (Å²) in [5.74, 6) is -0.347. The number of unbranched alkanes of at least 4 members (excludes halogenated alkanes) is 18. The summed E-state index contributed by atoms with van der Waals surface area (Å²) in [6, 6.07) is 0.861. The van der Waals surface area contributed by atoms with E-state index in [0.717, 1.165) is 78.0 Å². The van der Waals surface area contributed by atoms with Crippen molar-refractivity contribution < 1.29 is 28.5 Å². The van der Waals surface area contributed by atoms with E-state index in [-0.39, 0.29) is 11.9 Å². The van der Waals surface area contributed by atoms with Crippen LogP contribution in [0.25, 0.3) is 0 Å². The van der Waals surface area contributed by atoms with Crippen molar-refractivity contribution in [1.29, 1.82) is 0 Å². The van der Waals surface area contributed by atoms with Crippen LogP contribution in [0.4, 0.5) is 0 Å². The fourth-order valence-electron chi connectivity index (χ4n) is 6.57. The van der Waals surface area contributed by atoms with E-state index in [0.29, 0.717) is 51.2 Å². The van der Waals surface area contributed by atoms with Gasteiger partial charge in [-0.05, 0) is 66.2 Å². The van der Waals surface area contributed by atoms with Crippen LogP contribution < -0.4 is 0 Å². The number of nitrogens with zero attached hydrogens (tertiary/aromatic N) is 2. The average molecular weight is 741 g/mol. The van der Waals surface area contributed by atoms with Crippen molar-refractivity contribution in [2.45, 2.75) is 208 Å². The standard InChI is InChI=1S/C44H88N2O6/c1-7-9-11-13-15-17-19-21-23-35-49-37-25-27-39-51-43(47)29-31-45(33-34-46(41(3)4)42(5)6)32-30-44(48)52-40-28-26-38-50-36-24-22-20-18-16-14-12-10-8-2/h41-42H,7-40H2,1-6H3. The molecule has 0 saturated heterocycles.